The van der Waals surface area contributed by atoms with Gasteiger partial charge in [0.1, 0.15) is 5.75 Å². The van der Waals surface area contributed by atoms with Gasteiger partial charge in [0.2, 0.25) is 5.88 Å². The van der Waals surface area contributed by atoms with Crippen molar-refractivity contribution < 1.29 is 4.74 Å². The number of pyridine rings is 1. The molecule has 1 heterocycles. The van der Waals surface area contributed by atoms with Crippen LogP contribution in [0.4, 0.5) is 0 Å². The highest BCUT2D eigenvalue weighted by molar-refractivity contribution is 6.17. The van der Waals surface area contributed by atoms with E-state index in [0.717, 1.165) is 23.3 Å². The van der Waals surface area contributed by atoms with Crippen molar-refractivity contribution in [1.82, 2.24) is 4.98 Å². The number of aromatic nitrogens is 1. The van der Waals surface area contributed by atoms with Gasteiger partial charge in [0.05, 0.1) is 0 Å². The molecule has 2 rings (SSSR count). The van der Waals surface area contributed by atoms with E-state index in [9.17, 15) is 0 Å². The second-order valence-electron chi connectivity index (χ2n) is 4.20. The SMILES string of the molecule is CCc1ccc(Oc2ncc(CCl)cc2C)cc1. The summed E-state index contributed by atoms with van der Waals surface area (Å²) < 4.78 is 5.75. The van der Waals surface area contributed by atoms with Gasteiger partial charge in [0, 0.05) is 17.6 Å². The number of aryl methyl sites for hydroxylation is 2. The molecule has 1 aromatic carbocycles. The van der Waals surface area contributed by atoms with Crippen molar-refractivity contribution in [2.45, 2.75) is 26.1 Å². The summed E-state index contributed by atoms with van der Waals surface area (Å²) in [5.74, 6) is 1.91. The van der Waals surface area contributed by atoms with Crippen LogP contribution in [0, 0.1) is 6.92 Å². The molecule has 1 aromatic heterocycles. The predicted octanol–water partition coefficient (Wildman–Crippen LogP) is 4.48. The summed E-state index contributed by atoms with van der Waals surface area (Å²) >= 11 is 5.76. The van der Waals surface area contributed by atoms with Crippen LogP contribution in [0.2, 0.25) is 0 Å². The number of alkyl halides is 1. The quantitative estimate of drug-likeness (QED) is 0.757. The molecule has 94 valence electrons. The molecule has 0 atom stereocenters. The Labute approximate surface area is 113 Å². The number of hydrogen-bond acceptors (Lipinski definition) is 2. The zero-order chi connectivity index (χ0) is 13.0. The summed E-state index contributed by atoms with van der Waals surface area (Å²) in [7, 11) is 0. The average Bonchev–Trinajstić information content (AvgIpc) is 2.42. The van der Waals surface area contributed by atoms with Gasteiger partial charge in [-0.15, -0.1) is 11.6 Å². The first-order chi connectivity index (χ1) is 8.72. The van der Waals surface area contributed by atoms with Gasteiger partial charge in [-0.25, -0.2) is 4.98 Å². The molecule has 0 aliphatic carbocycles. The molecule has 0 unspecified atom stereocenters. The molecule has 0 saturated heterocycles. The molecule has 18 heavy (non-hydrogen) atoms. The van der Waals surface area contributed by atoms with Gasteiger partial charge in [0.25, 0.3) is 0 Å². The first-order valence-corrected chi connectivity index (χ1v) is 6.54. The average molecular weight is 262 g/mol. The van der Waals surface area contributed by atoms with Crippen molar-refractivity contribution in [2.75, 3.05) is 0 Å². The number of ether oxygens (including phenoxy) is 1. The summed E-state index contributed by atoms with van der Waals surface area (Å²) in [5, 5.41) is 0. The van der Waals surface area contributed by atoms with Crippen LogP contribution in [0.3, 0.4) is 0 Å². The third-order valence-corrected chi connectivity index (χ3v) is 3.10. The van der Waals surface area contributed by atoms with Crippen molar-refractivity contribution in [3.63, 3.8) is 0 Å². The maximum absolute atomic E-state index is 5.76. The summed E-state index contributed by atoms with van der Waals surface area (Å²) in [6.45, 7) is 4.10. The minimum absolute atomic E-state index is 0.472. The van der Waals surface area contributed by atoms with Crippen molar-refractivity contribution in [1.29, 1.82) is 0 Å². The van der Waals surface area contributed by atoms with Gasteiger partial charge in [-0.1, -0.05) is 19.1 Å². The molecule has 0 radical (unpaired) electrons. The van der Waals surface area contributed by atoms with E-state index in [1.54, 1.807) is 6.20 Å². The van der Waals surface area contributed by atoms with E-state index >= 15 is 0 Å². The van der Waals surface area contributed by atoms with Gasteiger partial charge in [-0.2, -0.15) is 0 Å². The van der Waals surface area contributed by atoms with Gasteiger partial charge < -0.3 is 4.74 Å². The maximum atomic E-state index is 5.76. The highest BCUT2D eigenvalue weighted by Crippen LogP contribution is 2.24. The standard InChI is InChI=1S/C15H16ClNO/c1-3-12-4-6-14(7-5-12)18-15-11(2)8-13(9-16)10-17-15/h4-8,10H,3,9H2,1-2H3. The van der Waals surface area contributed by atoms with Gasteiger partial charge in [-0.3, -0.25) is 0 Å². The van der Waals surface area contributed by atoms with Crippen LogP contribution >= 0.6 is 11.6 Å². The second kappa shape index (κ2) is 5.87. The number of nitrogens with zero attached hydrogens (tertiary/aromatic N) is 1. The summed E-state index contributed by atoms with van der Waals surface area (Å²) in [6.07, 6.45) is 2.78. The molecule has 0 saturated carbocycles. The van der Waals surface area contributed by atoms with Crippen LogP contribution in [0.5, 0.6) is 11.6 Å². The molecular weight excluding hydrogens is 246 g/mol. The van der Waals surface area contributed by atoms with E-state index in [-0.39, 0.29) is 0 Å². The van der Waals surface area contributed by atoms with Crippen LogP contribution in [0.25, 0.3) is 0 Å². The van der Waals surface area contributed by atoms with E-state index in [0.29, 0.717) is 11.8 Å². The first-order valence-electron chi connectivity index (χ1n) is 6.01. The fraction of sp³-hybridized carbons (Fsp3) is 0.267. The fourth-order valence-corrected chi connectivity index (χ4v) is 1.85. The number of hydrogen-bond donors (Lipinski definition) is 0. The maximum Gasteiger partial charge on any atom is 0.222 e. The lowest BCUT2D eigenvalue weighted by Gasteiger charge is -2.08. The zero-order valence-electron chi connectivity index (χ0n) is 10.6. The second-order valence-corrected chi connectivity index (χ2v) is 4.47. The minimum Gasteiger partial charge on any atom is -0.439 e. The Kier molecular flexibility index (Phi) is 4.21. The van der Waals surface area contributed by atoms with Crippen LogP contribution in [-0.2, 0) is 12.3 Å². The zero-order valence-corrected chi connectivity index (χ0v) is 11.4. The largest absolute Gasteiger partial charge is 0.439 e. The number of benzene rings is 1. The summed E-state index contributed by atoms with van der Waals surface area (Å²) in [4.78, 5) is 4.28. The van der Waals surface area contributed by atoms with Gasteiger partial charge in [-0.05, 0) is 42.7 Å². The Morgan fingerprint density at radius 1 is 1.17 bits per heavy atom. The summed E-state index contributed by atoms with van der Waals surface area (Å²) in [6, 6.07) is 10.1. The molecule has 2 aromatic rings. The Balaban J connectivity index is 2.17. The third-order valence-electron chi connectivity index (χ3n) is 2.79. The van der Waals surface area contributed by atoms with E-state index in [4.69, 9.17) is 16.3 Å². The van der Waals surface area contributed by atoms with Gasteiger partial charge >= 0.3 is 0 Å². The Hall–Kier alpha value is -1.54. The molecule has 3 heteroatoms. The van der Waals surface area contributed by atoms with E-state index in [1.807, 2.05) is 25.1 Å². The van der Waals surface area contributed by atoms with Crippen molar-refractivity contribution >= 4 is 11.6 Å². The lowest BCUT2D eigenvalue weighted by molar-refractivity contribution is 0.458. The topological polar surface area (TPSA) is 22.1 Å². The number of halogens is 1. The van der Waals surface area contributed by atoms with E-state index in [1.165, 1.54) is 5.56 Å². The van der Waals surface area contributed by atoms with Crippen molar-refractivity contribution in [3.8, 4) is 11.6 Å². The molecule has 0 aliphatic heterocycles. The monoisotopic (exact) mass is 261 g/mol. The van der Waals surface area contributed by atoms with Crippen molar-refractivity contribution in [3.05, 3.63) is 53.2 Å². The van der Waals surface area contributed by atoms with Crippen molar-refractivity contribution in [2.24, 2.45) is 0 Å². The smallest absolute Gasteiger partial charge is 0.222 e. The lowest BCUT2D eigenvalue weighted by atomic mass is 10.2. The molecule has 0 fully saturated rings. The van der Waals surface area contributed by atoms with Crippen LogP contribution in [-0.4, -0.2) is 4.98 Å². The first kappa shape index (κ1) is 12.9. The van der Waals surface area contributed by atoms with E-state index in [2.05, 4.69) is 24.0 Å². The third kappa shape index (κ3) is 3.02. The predicted molar refractivity (Wildman–Crippen MR) is 74.4 cm³/mol. The van der Waals surface area contributed by atoms with E-state index < -0.39 is 0 Å². The molecular formula is C15H16ClNO. The molecule has 0 N–H and O–H groups in total. The number of rotatable bonds is 4. The summed E-state index contributed by atoms with van der Waals surface area (Å²) in [5.41, 5.74) is 3.29. The highest BCUT2D eigenvalue weighted by atomic mass is 35.5. The Morgan fingerprint density at radius 2 is 1.89 bits per heavy atom. The molecule has 0 bridgehead atoms. The van der Waals surface area contributed by atoms with Crippen LogP contribution in [0.1, 0.15) is 23.6 Å². The Morgan fingerprint density at radius 3 is 2.44 bits per heavy atom. The normalized spacial score (nSPS) is 10.4. The fourth-order valence-electron chi connectivity index (χ4n) is 1.71. The minimum atomic E-state index is 0.472. The lowest BCUT2D eigenvalue weighted by Crippen LogP contribution is -1.93. The van der Waals surface area contributed by atoms with Crippen LogP contribution < -0.4 is 4.74 Å². The highest BCUT2D eigenvalue weighted by Gasteiger charge is 2.04. The molecule has 0 amide bonds. The van der Waals surface area contributed by atoms with Crippen LogP contribution in [0.15, 0.2) is 36.5 Å². The molecule has 0 aliphatic rings. The van der Waals surface area contributed by atoms with Gasteiger partial charge in [0.15, 0.2) is 0 Å². The molecule has 2 nitrogen and oxygen atoms in total. The molecule has 0 spiro atoms. The Bertz CT molecular complexity index is 523.